The summed E-state index contributed by atoms with van der Waals surface area (Å²) in [5.41, 5.74) is 1.83. The van der Waals surface area contributed by atoms with Gasteiger partial charge >= 0.3 is 0 Å². The van der Waals surface area contributed by atoms with Gasteiger partial charge in [0.25, 0.3) is 0 Å². The fraction of sp³-hybridized carbons (Fsp3) is 0.278. The summed E-state index contributed by atoms with van der Waals surface area (Å²) in [5.74, 6) is 0.416. The summed E-state index contributed by atoms with van der Waals surface area (Å²) in [6.45, 7) is 2.02. The minimum Gasteiger partial charge on any atom is -0.497 e. The smallest absolute Gasteiger partial charge is 0.224 e. The Morgan fingerprint density at radius 2 is 1.77 bits per heavy atom. The topological polar surface area (TPSA) is 38.3 Å². The van der Waals surface area contributed by atoms with Gasteiger partial charge in [0.2, 0.25) is 5.91 Å². The fourth-order valence-corrected chi connectivity index (χ4v) is 2.29. The molecule has 2 aromatic carbocycles. The quantitative estimate of drug-likeness (QED) is 0.884. The van der Waals surface area contributed by atoms with Crippen molar-refractivity contribution in [3.63, 3.8) is 0 Å². The van der Waals surface area contributed by atoms with Crippen LogP contribution in [0.3, 0.4) is 0 Å². The van der Waals surface area contributed by atoms with Crippen molar-refractivity contribution in [1.82, 2.24) is 5.32 Å². The van der Waals surface area contributed by atoms with Crippen LogP contribution in [-0.2, 0) is 11.2 Å². The zero-order chi connectivity index (χ0) is 15.9. The van der Waals surface area contributed by atoms with Gasteiger partial charge in [-0.05, 0) is 41.8 Å². The molecule has 0 unspecified atom stereocenters. The molecule has 1 amide bonds. The molecule has 2 aromatic rings. The van der Waals surface area contributed by atoms with Crippen LogP contribution in [0.4, 0.5) is 4.39 Å². The number of carbonyl (C=O) groups excluding carboxylic acids is 1. The molecule has 116 valence electrons. The van der Waals surface area contributed by atoms with Crippen molar-refractivity contribution in [2.24, 2.45) is 0 Å². The van der Waals surface area contributed by atoms with Crippen LogP contribution in [0.15, 0.2) is 48.5 Å². The second-order valence-corrected chi connectivity index (χ2v) is 5.10. The Labute approximate surface area is 130 Å². The Balaban J connectivity index is 1.99. The van der Waals surface area contributed by atoms with Gasteiger partial charge in [0.15, 0.2) is 0 Å². The lowest BCUT2D eigenvalue weighted by Crippen LogP contribution is -2.29. The van der Waals surface area contributed by atoms with Gasteiger partial charge in [-0.15, -0.1) is 0 Å². The average molecular weight is 301 g/mol. The first-order valence-corrected chi connectivity index (χ1v) is 7.30. The number of carbonyl (C=O) groups is 1. The molecule has 0 aliphatic carbocycles. The van der Waals surface area contributed by atoms with Gasteiger partial charge in [-0.3, -0.25) is 4.79 Å². The van der Waals surface area contributed by atoms with Crippen LogP contribution < -0.4 is 10.1 Å². The molecule has 0 bridgehead atoms. The molecule has 0 spiro atoms. The molecule has 0 aliphatic rings. The molecular weight excluding hydrogens is 281 g/mol. The van der Waals surface area contributed by atoms with E-state index in [-0.39, 0.29) is 24.2 Å². The summed E-state index contributed by atoms with van der Waals surface area (Å²) < 4.78 is 18.0. The predicted molar refractivity (Wildman–Crippen MR) is 84.3 cm³/mol. The second-order valence-electron chi connectivity index (χ2n) is 5.10. The highest BCUT2D eigenvalue weighted by molar-refractivity contribution is 5.79. The molecule has 0 saturated heterocycles. The maximum atomic E-state index is 12.9. The van der Waals surface area contributed by atoms with Crippen molar-refractivity contribution in [2.75, 3.05) is 7.11 Å². The van der Waals surface area contributed by atoms with Crippen LogP contribution in [0.5, 0.6) is 5.75 Å². The summed E-state index contributed by atoms with van der Waals surface area (Å²) in [5, 5.41) is 3.01. The number of hydrogen-bond donors (Lipinski definition) is 1. The molecule has 0 aliphatic heterocycles. The van der Waals surface area contributed by atoms with E-state index < -0.39 is 0 Å². The standard InChI is InChI=1S/C18H20FNO2/c1-3-17(14-6-10-16(22-2)11-7-14)20-18(21)12-13-4-8-15(19)9-5-13/h4-11,17H,3,12H2,1-2H3,(H,20,21)/t17-/m0/s1. The molecule has 1 N–H and O–H groups in total. The molecule has 0 aromatic heterocycles. The third-order valence-electron chi connectivity index (χ3n) is 3.54. The minimum absolute atomic E-state index is 0.0427. The van der Waals surface area contributed by atoms with Crippen molar-refractivity contribution in [3.05, 3.63) is 65.5 Å². The highest BCUT2D eigenvalue weighted by Crippen LogP contribution is 2.20. The molecule has 0 saturated carbocycles. The number of rotatable bonds is 6. The fourth-order valence-electron chi connectivity index (χ4n) is 2.29. The lowest BCUT2D eigenvalue weighted by atomic mass is 10.0. The van der Waals surface area contributed by atoms with E-state index in [0.717, 1.165) is 23.3 Å². The van der Waals surface area contributed by atoms with E-state index in [2.05, 4.69) is 5.32 Å². The largest absolute Gasteiger partial charge is 0.497 e. The van der Waals surface area contributed by atoms with Gasteiger partial charge in [-0.1, -0.05) is 31.2 Å². The average Bonchev–Trinajstić information content (AvgIpc) is 2.55. The molecule has 0 heterocycles. The van der Waals surface area contributed by atoms with E-state index in [1.807, 2.05) is 31.2 Å². The summed E-state index contributed by atoms with van der Waals surface area (Å²) >= 11 is 0. The van der Waals surface area contributed by atoms with E-state index in [9.17, 15) is 9.18 Å². The molecule has 22 heavy (non-hydrogen) atoms. The third kappa shape index (κ3) is 4.32. The van der Waals surface area contributed by atoms with Crippen LogP contribution in [0, 0.1) is 5.82 Å². The number of ether oxygens (including phenoxy) is 1. The van der Waals surface area contributed by atoms with Crippen molar-refractivity contribution >= 4 is 5.91 Å². The van der Waals surface area contributed by atoms with Gasteiger partial charge in [-0.25, -0.2) is 4.39 Å². The first kappa shape index (κ1) is 16.0. The highest BCUT2D eigenvalue weighted by atomic mass is 19.1. The SMILES string of the molecule is CC[C@H](NC(=O)Cc1ccc(F)cc1)c1ccc(OC)cc1. The van der Waals surface area contributed by atoms with Crippen LogP contribution in [0.2, 0.25) is 0 Å². The van der Waals surface area contributed by atoms with Crippen LogP contribution in [-0.4, -0.2) is 13.0 Å². The first-order chi connectivity index (χ1) is 10.6. The Morgan fingerprint density at radius 1 is 1.14 bits per heavy atom. The normalized spacial score (nSPS) is 11.8. The van der Waals surface area contributed by atoms with Crippen LogP contribution in [0.25, 0.3) is 0 Å². The van der Waals surface area contributed by atoms with E-state index >= 15 is 0 Å². The van der Waals surface area contributed by atoms with E-state index in [1.165, 1.54) is 12.1 Å². The second kappa shape index (κ2) is 7.59. The first-order valence-electron chi connectivity index (χ1n) is 7.30. The lowest BCUT2D eigenvalue weighted by molar-refractivity contribution is -0.121. The van der Waals surface area contributed by atoms with Crippen LogP contribution in [0.1, 0.15) is 30.5 Å². The number of hydrogen-bond acceptors (Lipinski definition) is 2. The summed E-state index contributed by atoms with van der Waals surface area (Å²) in [6.07, 6.45) is 1.04. The Hall–Kier alpha value is -2.36. The third-order valence-corrected chi connectivity index (χ3v) is 3.54. The molecule has 0 fully saturated rings. The Bertz CT molecular complexity index is 608. The zero-order valence-electron chi connectivity index (χ0n) is 12.8. The summed E-state index contributed by atoms with van der Waals surface area (Å²) in [6, 6.07) is 13.6. The molecular formula is C18H20FNO2. The van der Waals surface area contributed by atoms with Gasteiger partial charge in [-0.2, -0.15) is 0 Å². The minimum atomic E-state index is -0.297. The number of amides is 1. The van der Waals surface area contributed by atoms with Gasteiger partial charge < -0.3 is 10.1 Å². The number of benzene rings is 2. The number of halogens is 1. The number of nitrogens with one attached hydrogen (secondary N) is 1. The lowest BCUT2D eigenvalue weighted by Gasteiger charge is -2.18. The Morgan fingerprint density at radius 3 is 2.32 bits per heavy atom. The van der Waals surface area contributed by atoms with Crippen molar-refractivity contribution in [3.8, 4) is 5.75 Å². The molecule has 2 rings (SSSR count). The van der Waals surface area contributed by atoms with Gasteiger partial charge in [0, 0.05) is 0 Å². The van der Waals surface area contributed by atoms with E-state index in [0.29, 0.717) is 0 Å². The van der Waals surface area contributed by atoms with E-state index in [1.54, 1.807) is 19.2 Å². The summed E-state index contributed by atoms with van der Waals surface area (Å²) in [7, 11) is 1.62. The predicted octanol–water partition coefficient (Wildman–Crippen LogP) is 3.64. The van der Waals surface area contributed by atoms with Crippen molar-refractivity contribution in [1.29, 1.82) is 0 Å². The molecule has 4 heteroatoms. The monoisotopic (exact) mass is 301 g/mol. The zero-order valence-corrected chi connectivity index (χ0v) is 12.8. The van der Waals surface area contributed by atoms with Crippen molar-refractivity contribution in [2.45, 2.75) is 25.8 Å². The van der Waals surface area contributed by atoms with Gasteiger partial charge in [0.05, 0.1) is 19.6 Å². The molecule has 1 atom stereocenters. The molecule has 3 nitrogen and oxygen atoms in total. The maximum Gasteiger partial charge on any atom is 0.224 e. The van der Waals surface area contributed by atoms with E-state index in [4.69, 9.17) is 4.74 Å². The highest BCUT2D eigenvalue weighted by Gasteiger charge is 2.13. The van der Waals surface area contributed by atoms with Crippen molar-refractivity contribution < 1.29 is 13.9 Å². The number of methoxy groups -OCH3 is 1. The molecule has 0 radical (unpaired) electrons. The summed E-state index contributed by atoms with van der Waals surface area (Å²) in [4.78, 5) is 12.1. The van der Waals surface area contributed by atoms with Gasteiger partial charge in [0.1, 0.15) is 11.6 Å². The maximum absolute atomic E-state index is 12.9. The van der Waals surface area contributed by atoms with Crippen LogP contribution >= 0.6 is 0 Å². The Kier molecular flexibility index (Phi) is 5.53.